The molecular formula is C16H15N3O4. The molecule has 1 amide bonds. The molecule has 0 aromatic heterocycles. The summed E-state index contributed by atoms with van der Waals surface area (Å²) in [5.74, 6) is -0.376. The van der Waals surface area contributed by atoms with Gasteiger partial charge in [0.1, 0.15) is 5.75 Å². The Morgan fingerprint density at radius 1 is 1.17 bits per heavy atom. The Labute approximate surface area is 132 Å². The maximum Gasteiger partial charge on any atom is 0.272 e. The zero-order valence-electron chi connectivity index (χ0n) is 12.6. The lowest BCUT2D eigenvalue weighted by molar-refractivity contribution is -0.385. The minimum absolute atomic E-state index is 0.00177. The number of phenolic OH excluding ortho intramolecular Hbond substituents is 1. The molecule has 2 rings (SSSR count). The number of nitrogens with one attached hydrogen (secondary N) is 1. The van der Waals surface area contributed by atoms with Crippen LogP contribution in [0, 0.1) is 17.0 Å². The molecule has 0 heterocycles. The number of phenols is 1. The fourth-order valence-corrected chi connectivity index (χ4v) is 1.91. The normalized spacial score (nSPS) is 11.1. The molecule has 7 nitrogen and oxygen atoms in total. The Bertz CT molecular complexity index is 782. The summed E-state index contributed by atoms with van der Waals surface area (Å²) in [6.07, 6.45) is 0. The minimum atomic E-state index is -0.457. The van der Waals surface area contributed by atoms with Crippen LogP contribution < -0.4 is 5.43 Å². The maximum absolute atomic E-state index is 11.9. The van der Waals surface area contributed by atoms with E-state index in [1.165, 1.54) is 30.3 Å². The first kappa shape index (κ1) is 16.2. The Morgan fingerprint density at radius 2 is 1.78 bits per heavy atom. The third kappa shape index (κ3) is 3.91. The summed E-state index contributed by atoms with van der Waals surface area (Å²) >= 11 is 0. The van der Waals surface area contributed by atoms with Gasteiger partial charge in [0.15, 0.2) is 0 Å². The third-order valence-electron chi connectivity index (χ3n) is 3.28. The summed E-state index contributed by atoms with van der Waals surface area (Å²) in [6.45, 7) is 3.30. The summed E-state index contributed by atoms with van der Waals surface area (Å²) in [4.78, 5) is 22.4. The van der Waals surface area contributed by atoms with Crippen LogP contribution in [0.1, 0.15) is 28.4 Å². The van der Waals surface area contributed by atoms with Crippen molar-refractivity contribution in [2.24, 2.45) is 5.10 Å². The van der Waals surface area contributed by atoms with Gasteiger partial charge < -0.3 is 5.11 Å². The van der Waals surface area contributed by atoms with Gasteiger partial charge in [-0.05, 0) is 38.1 Å². The number of rotatable bonds is 4. The lowest BCUT2D eigenvalue weighted by atomic mass is 10.1. The third-order valence-corrected chi connectivity index (χ3v) is 3.28. The number of nitro groups is 1. The topological polar surface area (TPSA) is 105 Å². The quantitative estimate of drug-likeness (QED) is 0.514. The summed E-state index contributed by atoms with van der Waals surface area (Å²) in [5.41, 5.74) is 4.27. The van der Waals surface area contributed by atoms with Crippen LogP contribution in [-0.2, 0) is 0 Å². The number of benzene rings is 2. The van der Waals surface area contributed by atoms with Gasteiger partial charge >= 0.3 is 0 Å². The smallest absolute Gasteiger partial charge is 0.272 e. The van der Waals surface area contributed by atoms with Crippen molar-refractivity contribution in [3.8, 4) is 5.75 Å². The maximum atomic E-state index is 11.9. The van der Waals surface area contributed by atoms with E-state index in [1.54, 1.807) is 26.0 Å². The Morgan fingerprint density at radius 3 is 2.39 bits per heavy atom. The molecule has 2 aromatic carbocycles. The van der Waals surface area contributed by atoms with Crippen molar-refractivity contribution < 1.29 is 14.8 Å². The van der Waals surface area contributed by atoms with Crippen LogP contribution in [0.25, 0.3) is 0 Å². The summed E-state index contributed by atoms with van der Waals surface area (Å²) < 4.78 is 0. The molecule has 0 bridgehead atoms. The van der Waals surface area contributed by atoms with E-state index in [4.69, 9.17) is 0 Å². The van der Waals surface area contributed by atoms with Gasteiger partial charge in [-0.1, -0.05) is 12.1 Å². The number of aryl methyl sites for hydroxylation is 1. The van der Waals surface area contributed by atoms with E-state index in [0.29, 0.717) is 22.4 Å². The second-order valence-corrected chi connectivity index (χ2v) is 4.94. The van der Waals surface area contributed by atoms with E-state index in [-0.39, 0.29) is 11.4 Å². The van der Waals surface area contributed by atoms with Crippen molar-refractivity contribution in [1.29, 1.82) is 0 Å². The van der Waals surface area contributed by atoms with Crippen molar-refractivity contribution in [2.45, 2.75) is 13.8 Å². The van der Waals surface area contributed by atoms with Gasteiger partial charge in [0.2, 0.25) is 0 Å². The lowest BCUT2D eigenvalue weighted by Gasteiger charge is -2.04. The highest BCUT2D eigenvalue weighted by molar-refractivity contribution is 6.01. The van der Waals surface area contributed by atoms with E-state index >= 15 is 0 Å². The van der Waals surface area contributed by atoms with Crippen LogP contribution in [0.5, 0.6) is 5.75 Å². The zero-order valence-corrected chi connectivity index (χ0v) is 12.6. The molecule has 0 radical (unpaired) electrons. The number of amides is 1. The highest BCUT2D eigenvalue weighted by Gasteiger charge is 2.12. The number of carbonyl (C=O) groups is 1. The Hall–Kier alpha value is -3.22. The van der Waals surface area contributed by atoms with Crippen molar-refractivity contribution in [3.05, 3.63) is 69.3 Å². The second kappa shape index (κ2) is 6.69. The number of nitro benzene ring substituents is 1. The van der Waals surface area contributed by atoms with Gasteiger partial charge in [-0.15, -0.1) is 0 Å². The first-order valence-corrected chi connectivity index (χ1v) is 6.77. The molecule has 7 heteroatoms. The van der Waals surface area contributed by atoms with Crippen molar-refractivity contribution >= 4 is 17.3 Å². The fourth-order valence-electron chi connectivity index (χ4n) is 1.91. The van der Waals surface area contributed by atoms with Crippen LogP contribution in [0.4, 0.5) is 5.69 Å². The molecule has 0 atom stereocenters. The van der Waals surface area contributed by atoms with Crippen molar-refractivity contribution in [1.82, 2.24) is 5.43 Å². The Kier molecular flexibility index (Phi) is 4.70. The summed E-state index contributed by atoms with van der Waals surface area (Å²) in [7, 11) is 0. The minimum Gasteiger partial charge on any atom is -0.508 e. The molecule has 0 saturated heterocycles. The summed E-state index contributed by atoms with van der Waals surface area (Å²) in [6, 6.07) is 10.5. The van der Waals surface area contributed by atoms with Gasteiger partial charge in [0, 0.05) is 22.8 Å². The molecule has 2 aromatic rings. The van der Waals surface area contributed by atoms with Gasteiger partial charge in [-0.25, -0.2) is 5.43 Å². The highest BCUT2D eigenvalue weighted by atomic mass is 16.6. The molecule has 0 spiro atoms. The van der Waals surface area contributed by atoms with E-state index < -0.39 is 10.8 Å². The molecule has 0 saturated carbocycles. The molecule has 0 unspecified atom stereocenters. The SMILES string of the molecule is C/C(=N/NC(=O)c1ccc(O)cc1)c1ccc(C)c([N+](=O)[O-])c1. The molecule has 118 valence electrons. The van der Waals surface area contributed by atoms with Crippen LogP contribution >= 0.6 is 0 Å². The number of hydrogen-bond acceptors (Lipinski definition) is 5. The first-order valence-electron chi connectivity index (χ1n) is 6.77. The molecule has 23 heavy (non-hydrogen) atoms. The van der Waals surface area contributed by atoms with E-state index in [0.717, 1.165) is 0 Å². The van der Waals surface area contributed by atoms with Crippen molar-refractivity contribution in [2.75, 3.05) is 0 Å². The number of nitrogens with zero attached hydrogens (tertiary/aromatic N) is 2. The van der Waals surface area contributed by atoms with E-state index in [2.05, 4.69) is 10.5 Å². The van der Waals surface area contributed by atoms with E-state index in [1.807, 2.05) is 0 Å². The fraction of sp³-hybridized carbons (Fsp3) is 0.125. The average molecular weight is 313 g/mol. The predicted molar refractivity (Wildman–Crippen MR) is 85.6 cm³/mol. The standard InChI is InChI=1S/C16H15N3O4/c1-10-3-4-13(9-15(10)19(22)23)11(2)17-18-16(21)12-5-7-14(20)8-6-12/h3-9,20H,1-2H3,(H,18,21)/b17-11-. The van der Waals surface area contributed by atoms with Gasteiger partial charge in [-0.2, -0.15) is 5.10 Å². The average Bonchev–Trinajstić information content (AvgIpc) is 2.53. The highest BCUT2D eigenvalue weighted by Crippen LogP contribution is 2.19. The lowest BCUT2D eigenvalue weighted by Crippen LogP contribution is -2.19. The zero-order chi connectivity index (χ0) is 17.0. The number of hydrogen-bond donors (Lipinski definition) is 2. The molecule has 0 aliphatic heterocycles. The van der Waals surface area contributed by atoms with Gasteiger partial charge in [0.25, 0.3) is 11.6 Å². The van der Waals surface area contributed by atoms with Crippen LogP contribution in [-0.4, -0.2) is 21.6 Å². The molecule has 0 aliphatic rings. The van der Waals surface area contributed by atoms with E-state index in [9.17, 15) is 20.0 Å². The molecule has 0 aliphatic carbocycles. The molecule has 0 fully saturated rings. The van der Waals surface area contributed by atoms with Crippen LogP contribution in [0.2, 0.25) is 0 Å². The van der Waals surface area contributed by atoms with Gasteiger partial charge in [0.05, 0.1) is 10.6 Å². The first-order chi connectivity index (χ1) is 10.9. The monoisotopic (exact) mass is 313 g/mol. The van der Waals surface area contributed by atoms with Crippen molar-refractivity contribution in [3.63, 3.8) is 0 Å². The second-order valence-electron chi connectivity index (χ2n) is 4.94. The van der Waals surface area contributed by atoms with Gasteiger partial charge in [-0.3, -0.25) is 14.9 Å². The molecule has 2 N–H and O–H groups in total. The van der Waals surface area contributed by atoms with Crippen LogP contribution in [0.15, 0.2) is 47.6 Å². The number of hydrazone groups is 1. The predicted octanol–water partition coefficient (Wildman–Crippen LogP) is 2.76. The molecular weight excluding hydrogens is 298 g/mol. The Balaban J connectivity index is 2.16. The van der Waals surface area contributed by atoms with Crippen LogP contribution in [0.3, 0.4) is 0 Å². The number of carbonyl (C=O) groups excluding carboxylic acids is 1. The largest absolute Gasteiger partial charge is 0.508 e. The number of aromatic hydroxyl groups is 1. The summed E-state index contributed by atoms with van der Waals surface area (Å²) in [5, 5.41) is 24.1.